The van der Waals surface area contributed by atoms with E-state index < -0.39 is 5.82 Å². The fourth-order valence-electron chi connectivity index (χ4n) is 1.79. The Hall–Kier alpha value is -1.13. The maximum atomic E-state index is 13.5. The van der Waals surface area contributed by atoms with Gasteiger partial charge in [0.15, 0.2) is 5.82 Å². The molecule has 0 spiro atoms. The Morgan fingerprint density at radius 1 is 1.33 bits per heavy atom. The van der Waals surface area contributed by atoms with Crippen molar-refractivity contribution >= 4 is 23.2 Å². The minimum absolute atomic E-state index is 0.0897. The van der Waals surface area contributed by atoms with Gasteiger partial charge < -0.3 is 4.57 Å². The first kappa shape index (κ1) is 13.3. The van der Waals surface area contributed by atoms with Crippen LogP contribution < -0.4 is 0 Å². The summed E-state index contributed by atoms with van der Waals surface area (Å²) in [6.07, 6.45) is 0. The molecule has 2 aromatic rings. The Balaban J connectivity index is 2.56. The highest BCUT2D eigenvalue weighted by Gasteiger charge is 2.16. The monoisotopic (exact) mass is 287 g/mol. The van der Waals surface area contributed by atoms with E-state index in [1.807, 2.05) is 18.4 Å². The normalized spacial score (nSPS) is 11.2. The third-order valence-corrected chi connectivity index (χ3v) is 3.13. The number of rotatable bonds is 3. The summed E-state index contributed by atoms with van der Waals surface area (Å²) in [5.41, 5.74) is 0.634. The molecule has 1 heterocycles. The van der Waals surface area contributed by atoms with E-state index >= 15 is 0 Å². The lowest BCUT2D eigenvalue weighted by Crippen LogP contribution is -2.07. The van der Waals surface area contributed by atoms with Crippen molar-refractivity contribution in [2.24, 2.45) is 0 Å². The summed E-state index contributed by atoms with van der Waals surface area (Å²) in [5.74, 6) is 1.05. The molecule has 0 fully saturated rings. The highest BCUT2D eigenvalue weighted by Crippen LogP contribution is 2.26. The van der Waals surface area contributed by atoms with Gasteiger partial charge in [-0.3, -0.25) is 0 Å². The number of nitrogens with zero attached hydrogens (tertiary/aromatic N) is 3. The van der Waals surface area contributed by atoms with Crippen LogP contribution >= 0.6 is 23.2 Å². The topological polar surface area (TPSA) is 30.7 Å². The van der Waals surface area contributed by atoms with Gasteiger partial charge in [-0.1, -0.05) is 11.6 Å². The van der Waals surface area contributed by atoms with Crippen LogP contribution in [0, 0.1) is 5.82 Å². The first-order valence-electron chi connectivity index (χ1n) is 5.49. The molecule has 0 aliphatic carbocycles. The lowest BCUT2D eigenvalue weighted by molar-refractivity contribution is 0.584. The summed E-state index contributed by atoms with van der Waals surface area (Å²) in [5, 5.41) is 8.17. The Morgan fingerprint density at radius 3 is 2.61 bits per heavy atom. The van der Waals surface area contributed by atoms with E-state index in [1.165, 1.54) is 12.1 Å². The van der Waals surface area contributed by atoms with E-state index in [1.54, 1.807) is 6.07 Å². The molecule has 0 bridgehead atoms. The molecule has 0 saturated carbocycles. The van der Waals surface area contributed by atoms with E-state index in [2.05, 4.69) is 10.2 Å². The second-order valence-corrected chi connectivity index (χ2v) is 4.84. The van der Waals surface area contributed by atoms with Gasteiger partial charge in [0, 0.05) is 11.6 Å². The van der Waals surface area contributed by atoms with Crippen molar-refractivity contribution < 1.29 is 4.39 Å². The van der Waals surface area contributed by atoms with Crippen molar-refractivity contribution in [2.45, 2.75) is 25.8 Å². The number of aromatic nitrogens is 3. The van der Waals surface area contributed by atoms with Crippen molar-refractivity contribution in [3.05, 3.63) is 34.9 Å². The van der Waals surface area contributed by atoms with Crippen LogP contribution in [0.4, 0.5) is 4.39 Å². The lowest BCUT2D eigenvalue weighted by atomic mass is 10.2. The SMILES string of the molecule is CC(C)n1c(CCl)nnc1-c1ccc(Cl)c(F)c1. The van der Waals surface area contributed by atoms with Crippen LogP contribution in [0.1, 0.15) is 25.7 Å². The molecule has 6 heteroatoms. The van der Waals surface area contributed by atoms with E-state index in [4.69, 9.17) is 23.2 Å². The van der Waals surface area contributed by atoms with Gasteiger partial charge in [-0.2, -0.15) is 0 Å². The van der Waals surface area contributed by atoms with E-state index in [0.29, 0.717) is 17.2 Å². The molecule has 0 radical (unpaired) electrons. The summed E-state index contributed by atoms with van der Waals surface area (Å²) >= 11 is 11.5. The number of benzene rings is 1. The number of hydrogen-bond acceptors (Lipinski definition) is 2. The standard InChI is InChI=1S/C12H12Cl2FN3/c1-7(2)18-11(6-13)16-17-12(18)8-3-4-9(14)10(15)5-8/h3-5,7H,6H2,1-2H3. The third kappa shape index (κ3) is 2.35. The average molecular weight is 288 g/mol. The maximum absolute atomic E-state index is 13.5. The molecule has 0 aliphatic heterocycles. The number of hydrogen-bond donors (Lipinski definition) is 0. The van der Waals surface area contributed by atoms with Crippen molar-refractivity contribution in [1.29, 1.82) is 0 Å². The van der Waals surface area contributed by atoms with Crippen molar-refractivity contribution in [3.8, 4) is 11.4 Å². The molecule has 2 rings (SSSR count). The lowest BCUT2D eigenvalue weighted by Gasteiger charge is -2.13. The number of halogens is 3. The first-order chi connectivity index (χ1) is 8.54. The summed E-state index contributed by atoms with van der Waals surface area (Å²) in [4.78, 5) is 0. The van der Waals surface area contributed by atoms with Gasteiger partial charge in [-0.05, 0) is 32.0 Å². The Labute approximate surface area is 115 Å². The average Bonchev–Trinajstić information content (AvgIpc) is 2.76. The van der Waals surface area contributed by atoms with Crippen molar-refractivity contribution in [3.63, 3.8) is 0 Å². The second kappa shape index (κ2) is 5.24. The van der Waals surface area contributed by atoms with E-state index in [0.717, 1.165) is 0 Å². The van der Waals surface area contributed by atoms with Gasteiger partial charge >= 0.3 is 0 Å². The van der Waals surface area contributed by atoms with Gasteiger partial charge in [0.05, 0.1) is 10.9 Å². The molecule has 0 N–H and O–H groups in total. The Kier molecular flexibility index (Phi) is 3.88. The largest absolute Gasteiger partial charge is 0.307 e. The van der Waals surface area contributed by atoms with Gasteiger partial charge in [0.2, 0.25) is 0 Å². The number of alkyl halides is 1. The summed E-state index contributed by atoms with van der Waals surface area (Å²) < 4.78 is 15.4. The van der Waals surface area contributed by atoms with Crippen LogP contribution in [-0.2, 0) is 5.88 Å². The Bertz CT molecular complexity index is 566. The fraction of sp³-hybridized carbons (Fsp3) is 0.333. The fourth-order valence-corrected chi connectivity index (χ4v) is 2.09. The highest BCUT2D eigenvalue weighted by atomic mass is 35.5. The van der Waals surface area contributed by atoms with Gasteiger partial charge in [-0.25, -0.2) is 4.39 Å². The second-order valence-electron chi connectivity index (χ2n) is 4.17. The predicted molar refractivity (Wildman–Crippen MR) is 70.4 cm³/mol. The molecule has 0 aliphatic rings. The molecule has 0 amide bonds. The molecule has 0 atom stereocenters. The molecule has 96 valence electrons. The van der Waals surface area contributed by atoms with Crippen molar-refractivity contribution in [2.75, 3.05) is 0 Å². The van der Waals surface area contributed by atoms with Crippen LogP contribution in [0.25, 0.3) is 11.4 Å². The molecular formula is C12H12Cl2FN3. The van der Waals surface area contributed by atoms with Gasteiger partial charge in [0.1, 0.15) is 11.6 Å². The molecule has 18 heavy (non-hydrogen) atoms. The van der Waals surface area contributed by atoms with Crippen molar-refractivity contribution in [1.82, 2.24) is 14.8 Å². The minimum Gasteiger partial charge on any atom is -0.307 e. The maximum Gasteiger partial charge on any atom is 0.164 e. The Morgan fingerprint density at radius 2 is 2.06 bits per heavy atom. The molecule has 0 unspecified atom stereocenters. The van der Waals surface area contributed by atoms with Crippen LogP contribution in [0.2, 0.25) is 5.02 Å². The quantitative estimate of drug-likeness (QED) is 0.797. The zero-order valence-corrected chi connectivity index (χ0v) is 11.5. The molecular weight excluding hydrogens is 276 g/mol. The summed E-state index contributed by atoms with van der Waals surface area (Å²) in [6.45, 7) is 3.99. The van der Waals surface area contributed by atoms with Gasteiger partial charge in [0.25, 0.3) is 0 Å². The molecule has 0 saturated heterocycles. The zero-order valence-electron chi connectivity index (χ0n) is 9.99. The predicted octanol–water partition coefficient (Wildman–Crippen LogP) is 4.06. The van der Waals surface area contributed by atoms with E-state index in [9.17, 15) is 4.39 Å². The molecule has 3 nitrogen and oxygen atoms in total. The minimum atomic E-state index is -0.472. The van der Waals surface area contributed by atoms with Crippen LogP contribution in [0.5, 0.6) is 0 Å². The van der Waals surface area contributed by atoms with Crippen LogP contribution in [0.3, 0.4) is 0 Å². The zero-order chi connectivity index (χ0) is 13.3. The smallest absolute Gasteiger partial charge is 0.164 e. The molecule has 1 aromatic carbocycles. The van der Waals surface area contributed by atoms with Gasteiger partial charge in [-0.15, -0.1) is 21.8 Å². The van der Waals surface area contributed by atoms with Crippen LogP contribution in [-0.4, -0.2) is 14.8 Å². The highest BCUT2D eigenvalue weighted by molar-refractivity contribution is 6.30. The third-order valence-electron chi connectivity index (χ3n) is 2.58. The van der Waals surface area contributed by atoms with E-state index in [-0.39, 0.29) is 16.9 Å². The first-order valence-corrected chi connectivity index (χ1v) is 6.41. The molecule has 1 aromatic heterocycles. The van der Waals surface area contributed by atoms with Crippen LogP contribution in [0.15, 0.2) is 18.2 Å². The summed E-state index contributed by atoms with van der Waals surface area (Å²) in [7, 11) is 0. The summed E-state index contributed by atoms with van der Waals surface area (Å²) in [6, 6.07) is 4.71.